The first kappa shape index (κ1) is 44.1. The molecule has 14 aromatic rings. The minimum atomic E-state index is 0.515. The molecule has 10 aromatic carbocycles. The highest BCUT2D eigenvalue weighted by Crippen LogP contribution is 2.41. The molecule has 0 aliphatic rings. The molecular formula is C68H42N8. The molecule has 0 fully saturated rings. The fraction of sp³-hybridized carbons (Fsp3) is 0. The summed E-state index contributed by atoms with van der Waals surface area (Å²) in [6.45, 7) is 0. The SMILES string of the molecule is N#Cc1ccc(-n2c3ccccc3c3cc(-c4cc(-c5nc(-c6ccccc6)nc(-c6ccccc6)n5)cc(-n5c6ccccc6c6ccccc65)c4)ccc32)c(-c2nc(-c3ccccc3)cc(-c3ccccc3)n2)c1. The first-order valence-electron chi connectivity index (χ1n) is 25.2. The van der Waals surface area contributed by atoms with E-state index in [4.69, 9.17) is 24.9 Å². The first-order valence-corrected chi connectivity index (χ1v) is 25.2. The average molecular weight is 971 g/mol. The normalized spacial score (nSPS) is 11.4. The van der Waals surface area contributed by atoms with E-state index in [1.807, 2.05) is 121 Å². The number of hydrogen-bond donors (Lipinski definition) is 0. The number of hydrogen-bond acceptors (Lipinski definition) is 6. The van der Waals surface area contributed by atoms with Crippen LogP contribution in [0.25, 0.3) is 134 Å². The fourth-order valence-electron chi connectivity index (χ4n) is 10.6. The highest BCUT2D eigenvalue weighted by Gasteiger charge is 2.22. The Labute approximate surface area is 437 Å². The summed E-state index contributed by atoms with van der Waals surface area (Å²) >= 11 is 0. The van der Waals surface area contributed by atoms with Crippen molar-refractivity contribution in [2.45, 2.75) is 0 Å². The molecule has 8 heteroatoms. The second kappa shape index (κ2) is 18.5. The maximum atomic E-state index is 10.4. The predicted octanol–water partition coefficient (Wildman–Crippen LogP) is 16.4. The van der Waals surface area contributed by atoms with E-state index in [1.54, 1.807) is 0 Å². The van der Waals surface area contributed by atoms with Gasteiger partial charge in [0.15, 0.2) is 23.3 Å². The summed E-state index contributed by atoms with van der Waals surface area (Å²) in [4.78, 5) is 26.0. The number of fused-ring (bicyclic) bond motifs is 6. The average Bonchev–Trinajstić information content (AvgIpc) is 4.04. The van der Waals surface area contributed by atoms with Crippen LogP contribution < -0.4 is 0 Å². The molecule has 14 rings (SSSR count). The Bertz CT molecular complexity index is 4410. The molecule has 0 spiro atoms. The third-order valence-corrected chi connectivity index (χ3v) is 14.2. The molecule has 0 N–H and O–H groups in total. The molecule has 0 bridgehead atoms. The maximum Gasteiger partial charge on any atom is 0.164 e. The van der Waals surface area contributed by atoms with Crippen molar-refractivity contribution >= 4 is 43.6 Å². The maximum absolute atomic E-state index is 10.4. The standard InChI is InChI=1S/C68H42N8/c69-43-44-33-35-64(57(37-44)68-70-58(45-19-5-1-6-20-45)42-59(71-68)46-21-7-2-8-22-46)76-62-32-18-15-29-55(62)56-41-49(34-36-63(56)76)50-38-51(40-52(39-50)75-60-30-16-13-27-53(60)54-28-14-17-31-61(54)75)67-73-65(47-23-9-3-10-24-47)72-66(74-67)48-25-11-4-12-26-48/h1-42H. The van der Waals surface area contributed by atoms with Crippen LogP contribution in [-0.4, -0.2) is 34.1 Å². The summed E-state index contributed by atoms with van der Waals surface area (Å²) in [5.74, 6) is 2.28. The highest BCUT2D eigenvalue weighted by atomic mass is 15.0. The summed E-state index contributed by atoms with van der Waals surface area (Å²) in [5.41, 5.74) is 15.5. The van der Waals surface area contributed by atoms with E-state index in [1.165, 1.54) is 10.8 Å². The molecule has 8 nitrogen and oxygen atoms in total. The molecule has 0 saturated carbocycles. The van der Waals surface area contributed by atoms with Crippen molar-refractivity contribution < 1.29 is 0 Å². The number of nitriles is 1. The lowest BCUT2D eigenvalue weighted by Crippen LogP contribution is -2.02. The topological polar surface area (TPSA) is 98.1 Å². The smallest absolute Gasteiger partial charge is 0.164 e. The van der Waals surface area contributed by atoms with Gasteiger partial charge in [-0.15, -0.1) is 0 Å². The van der Waals surface area contributed by atoms with Gasteiger partial charge in [-0.05, 0) is 83.9 Å². The van der Waals surface area contributed by atoms with E-state index in [9.17, 15) is 5.26 Å². The van der Waals surface area contributed by atoms with Crippen LogP contribution in [0.4, 0.5) is 0 Å². The minimum Gasteiger partial charge on any atom is -0.309 e. The Hall–Kier alpha value is -10.6. The van der Waals surface area contributed by atoms with Crippen LogP contribution >= 0.6 is 0 Å². The van der Waals surface area contributed by atoms with Crippen molar-refractivity contribution in [1.29, 1.82) is 5.26 Å². The Morgan fingerprint density at radius 2 is 0.737 bits per heavy atom. The van der Waals surface area contributed by atoms with Crippen molar-refractivity contribution in [3.63, 3.8) is 0 Å². The molecule has 4 heterocycles. The number of aromatic nitrogens is 7. The van der Waals surface area contributed by atoms with E-state index in [2.05, 4.69) is 149 Å². The molecule has 0 saturated heterocycles. The van der Waals surface area contributed by atoms with Crippen molar-refractivity contribution in [1.82, 2.24) is 34.1 Å². The first-order chi connectivity index (χ1) is 37.6. The fourth-order valence-corrected chi connectivity index (χ4v) is 10.6. The van der Waals surface area contributed by atoms with Gasteiger partial charge in [-0.1, -0.05) is 182 Å². The van der Waals surface area contributed by atoms with E-state index < -0.39 is 0 Å². The molecule has 0 aliphatic carbocycles. The summed E-state index contributed by atoms with van der Waals surface area (Å²) in [6.07, 6.45) is 0. The van der Waals surface area contributed by atoms with Gasteiger partial charge in [0.1, 0.15) is 0 Å². The molecular weight excluding hydrogens is 929 g/mol. The van der Waals surface area contributed by atoms with Crippen LogP contribution in [0.15, 0.2) is 255 Å². The summed E-state index contributed by atoms with van der Waals surface area (Å²) in [6, 6.07) is 89.9. The third kappa shape index (κ3) is 7.75. The molecule has 354 valence electrons. The largest absolute Gasteiger partial charge is 0.309 e. The summed E-state index contributed by atoms with van der Waals surface area (Å²) in [5, 5.41) is 14.9. The quantitative estimate of drug-likeness (QED) is 0.143. The van der Waals surface area contributed by atoms with Crippen LogP contribution in [0.2, 0.25) is 0 Å². The third-order valence-electron chi connectivity index (χ3n) is 14.2. The Morgan fingerprint density at radius 1 is 0.289 bits per heavy atom. The molecule has 76 heavy (non-hydrogen) atoms. The lowest BCUT2D eigenvalue weighted by molar-refractivity contribution is 1.07. The molecule has 0 aliphatic heterocycles. The number of para-hydroxylation sites is 3. The van der Waals surface area contributed by atoms with Crippen molar-refractivity contribution in [3.8, 4) is 96.6 Å². The van der Waals surface area contributed by atoms with Gasteiger partial charge in [0, 0.05) is 60.6 Å². The van der Waals surface area contributed by atoms with E-state index in [-0.39, 0.29) is 0 Å². The van der Waals surface area contributed by atoms with Crippen LogP contribution in [-0.2, 0) is 0 Å². The van der Waals surface area contributed by atoms with Crippen LogP contribution in [0, 0.1) is 11.3 Å². The molecule has 0 unspecified atom stereocenters. The zero-order valence-corrected chi connectivity index (χ0v) is 40.8. The van der Waals surface area contributed by atoms with Crippen LogP contribution in [0.3, 0.4) is 0 Å². The van der Waals surface area contributed by atoms with E-state index >= 15 is 0 Å². The zero-order chi connectivity index (χ0) is 50.5. The Morgan fingerprint density at radius 3 is 1.28 bits per heavy atom. The van der Waals surface area contributed by atoms with Gasteiger partial charge in [-0.25, -0.2) is 24.9 Å². The lowest BCUT2D eigenvalue weighted by atomic mass is 9.99. The highest BCUT2D eigenvalue weighted by molar-refractivity contribution is 6.12. The Kier molecular flexibility index (Phi) is 10.7. The zero-order valence-electron chi connectivity index (χ0n) is 40.8. The van der Waals surface area contributed by atoms with Crippen LogP contribution in [0.5, 0.6) is 0 Å². The van der Waals surface area contributed by atoms with Gasteiger partial charge < -0.3 is 9.13 Å². The lowest BCUT2D eigenvalue weighted by Gasteiger charge is -2.16. The van der Waals surface area contributed by atoms with Gasteiger partial charge in [0.05, 0.1) is 50.8 Å². The second-order valence-electron chi connectivity index (χ2n) is 18.8. The predicted molar refractivity (Wildman–Crippen MR) is 307 cm³/mol. The Balaban J connectivity index is 0.993. The second-order valence-corrected chi connectivity index (χ2v) is 18.8. The van der Waals surface area contributed by atoms with Gasteiger partial charge in [-0.3, -0.25) is 0 Å². The molecule has 0 amide bonds. The minimum absolute atomic E-state index is 0.515. The molecule has 0 radical (unpaired) electrons. The molecule has 4 aromatic heterocycles. The number of benzene rings is 10. The monoisotopic (exact) mass is 970 g/mol. The molecule has 0 atom stereocenters. The summed E-state index contributed by atoms with van der Waals surface area (Å²) < 4.78 is 4.64. The van der Waals surface area contributed by atoms with E-state index in [0.717, 1.165) is 100 Å². The summed E-state index contributed by atoms with van der Waals surface area (Å²) in [7, 11) is 0. The van der Waals surface area contributed by atoms with Gasteiger partial charge in [0.25, 0.3) is 0 Å². The van der Waals surface area contributed by atoms with Gasteiger partial charge in [0.2, 0.25) is 0 Å². The van der Waals surface area contributed by atoms with Crippen molar-refractivity contribution in [2.24, 2.45) is 0 Å². The van der Waals surface area contributed by atoms with E-state index in [0.29, 0.717) is 28.9 Å². The van der Waals surface area contributed by atoms with Gasteiger partial charge >= 0.3 is 0 Å². The van der Waals surface area contributed by atoms with Crippen molar-refractivity contribution in [2.75, 3.05) is 0 Å². The van der Waals surface area contributed by atoms with Gasteiger partial charge in [-0.2, -0.15) is 5.26 Å². The van der Waals surface area contributed by atoms with Crippen molar-refractivity contribution in [3.05, 3.63) is 260 Å². The number of nitrogens with zero attached hydrogens (tertiary/aromatic N) is 8. The van der Waals surface area contributed by atoms with Crippen LogP contribution in [0.1, 0.15) is 5.56 Å². The number of rotatable bonds is 9.